The van der Waals surface area contributed by atoms with E-state index in [2.05, 4.69) is 22.1 Å². The summed E-state index contributed by atoms with van der Waals surface area (Å²) in [5, 5.41) is 13.9. The predicted molar refractivity (Wildman–Crippen MR) is 153 cm³/mol. The number of ether oxygens (including phenoxy) is 3. The Labute approximate surface area is 239 Å². The standard InChI is InChI=1S/C28H27FN4O5S2/c1-5-14-33-25(17(2)38-21-12-10-20(36-3)11-13-21)31-32-28(33)40-16-23(34)30-26-24(27(35)37-4)22(15-39-26)18-6-8-19(29)9-7-18/h5-13,15,17H,1,14,16H2,2-4H3,(H,30,34). The van der Waals surface area contributed by atoms with E-state index < -0.39 is 17.9 Å². The number of allylic oxidation sites excluding steroid dienone is 1. The lowest BCUT2D eigenvalue weighted by Crippen LogP contribution is -2.17. The molecule has 208 valence electrons. The molecule has 40 heavy (non-hydrogen) atoms. The number of hydrogen-bond donors (Lipinski definition) is 1. The Balaban J connectivity index is 1.46. The molecule has 4 rings (SSSR count). The molecule has 0 saturated carbocycles. The number of anilines is 1. The number of thioether (sulfide) groups is 1. The minimum Gasteiger partial charge on any atom is -0.497 e. The maximum atomic E-state index is 13.4. The fraction of sp³-hybridized carbons (Fsp3) is 0.214. The van der Waals surface area contributed by atoms with Crippen molar-refractivity contribution in [2.75, 3.05) is 25.3 Å². The van der Waals surface area contributed by atoms with Crippen LogP contribution in [0.15, 0.2) is 71.7 Å². The zero-order valence-electron chi connectivity index (χ0n) is 22.0. The van der Waals surface area contributed by atoms with Crippen LogP contribution in [0, 0.1) is 5.82 Å². The Bertz CT molecular complexity index is 1490. The second-order valence-corrected chi connectivity index (χ2v) is 10.2. The Morgan fingerprint density at radius 1 is 1.12 bits per heavy atom. The molecule has 1 N–H and O–H groups in total. The third-order valence-electron chi connectivity index (χ3n) is 5.71. The third-order valence-corrected chi connectivity index (χ3v) is 7.58. The van der Waals surface area contributed by atoms with Crippen LogP contribution >= 0.6 is 23.1 Å². The van der Waals surface area contributed by atoms with Crippen molar-refractivity contribution in [1.29, 1.82) is 0 Å². The Morgan fingerprint density at radius 3 is 2.48 bits per heavy atom. The smallest absolute Gasteiger partial charge is 0.341 e. The zero-order chi connectivity index (χ0) is 28.6. The van der Waals surface area contributed by atoms with Gasteiger partial charge in [0.05, 0.1) is 20.0 Å². The minimum atomic E-state index is -0.607. The number of carbonyl (C=O) groups excluding carboxylic acids is 2. The molecular formula is C28H27FN4O5S2. The van der Waals surface area contributed by atoms with E-state index in [4.69, 9.17) is 14.2 Å². The number of benzene rings is 2. The van der Waals surface area contributed by atoms with Crippen LogP contribution in [0.25, 0.3) is 11.1 Å². The van der Waals surface area contributed by atoms with Gasteiger partial charge in [-0.25, -0.2) is 9.18 Å². The Morgan fingerprint density at radius 2 is 1.82 bits per heavy atom. The van der Waals surface area contributed by atoms with Crippen molar-refractivity contribution >= 4 is 40.0 Å². The highest BCUT2D eigenvalue weighted by molar-refractivity contribution is 7.99. The first-order chi connectivity index (χ1) is 19.3. The minimum absolute atomic E-state index is 0.00733. The molecule has 0 aliphatic rings. The highest BCUT2D eigenvalue weighted by Crippen LogP contribution is 2.36. The average molecular weight is 583 g/mol. The maximum absolute atomic E-state index is 13.4. The molecule has 2 aromatic heterocycles. The fourth-order valence-corrected chi connectivity index (χ4v) is 5.54. The summed E-state index contributed by atoms with van der Waals surface area (Å²) in [4.78, 5) is 25.5. The fourth-order valence-electron chi connectivity index (χ4n) is 3.81. The zero-order valence-corrected chi connectivity index (χ0v) is 23.7. The number of carbonyl (C=O) groups is 2. The van der Waals surface area contributed by atoms with E-state index in [-0.39, 0.29) is 17.2 Å². The van der Waals surface area contributed by atoms with Gasteiger partial charge >= 0.3 is 5.97 Å². The molecule has 2 heterocycles. The van der Waals surface area contributed by atoms with Crippen molar-refractivity contribution in [3.8, 4) is 22.6 Å². The lowest BCUT2D eigenvalue weighted by Gasteiger charge is -2.16. The van der Waals surface area contributed by atoms with E-state index >= 15 is 0 Å². The summed E-state index contributed by atoms with van der Waals surface area (Å²) < 4.78 is 31.4. The van der Waals surface area contributed by atoms with E-state index in [0.717, 1.165) is 5.75 Å². The van der Waals surface area contributed by atoms with Gasteiger partial charge in [-0.05, 0) is 48.9 Å². The van der Waals surface area contributed by atoms with E-state index in [1.807, 2.05) is 11.5 Å². The molecule has 0 spiro atoms. The van der Waals surface area contributed by atoms with Crippen LogP contribution < -0.4 is 14.8 Å². The van der Waals surface area contributed by atoms with E-state index in [0.29, 0.717) is 39.4 Å². The third kappa shape index (κ3) is 6.69. The largest absolute Gasteiger partial charge is 0.497 e. The van der Waals surface area contributed by atoms with Gasteiger partial charge in [-0.15, -0.1) is 28.1 Å². The summed E-state index contributed by atoms with van der Waals surface area (Å²) in [6.07, 6.45) is 1.28. The molecule has 9 nitrogen and oxygen atoms in total. The highest BCUT2D eigenvalue weighted by atomic mass is 32.2. The number of hydrogen-bond acceptors (Lipinski definition) is 9. The molecule has 0 radical (unpaired) electrons. The molecule has 12 heteroatoms. The lowest BCUT2D eigenvalue weighted by molar-refractivity contribution is -0.113. The number of halogens is 1. The number of methoxy groups -OCH3 is 2. The molecule has 1 unspecified atom stereocenters. The molecule has 0 aliphatic heterocycles. The molecule has 2 aromatic carbocycles. The van der Waals surface area contributed by atoms with Gasteiger partial charge in [0.2, 0.25) is 5.91 Å². The molecule has 4 aromatic rings. The number of nitrogens with one attached hydrogen (secondary N) is 1. The number of esters is 1. The molecule has 1 atom stereocenters. The van der Waals surface area contributed by atoms with E-state index in [1.165, 1.54) is 42.3 Å². The van der Waals surface area contributed by atoms with Crippen molar-refractivity contribution < 1.29 is 28.2 Å². The lowest BCUT2D eigenvalue weighted by atomic mass is 10.0. The normalized spacial score (nSPS) is 11.5. The van der Waals surface area contributed by atoms with Crippen molar-refractivity contribution in [2.45, 2.75) is 24.7 Å². The SMILES string of the molecule is C=CCn1c(SCC(=O)Nc2scc(-c3ccc(F)cc3)c2C(=O)OC)nnc1C(C)Oc1ccc(OC)cc1. The van der Waals surface area contributed by atoms with Crippen molar-refractivity contribution in [3.63, 3.8) is 0 Å². The number of aromatic nitrogens is 3. The van der Waals surface area contributed by atoms with Crippen LogP contribution in [0.1, 0.15) is 29.2 Å². The van der Waals surface area contributed by atoms with Gasteiger partial charge in [0.15, 0.2) is 17.1 Å². The summed E-state index contributed by atoms with van der Waals surface area (Å²) in [6.45, 7) is 6.09. The monoisotopic (exact) mass is 582 g/mol. The molecule has 0 saturated heterocycles. The summed E-state index contributed by atoms with van der Waals surface area (Å²) >= 11 is 2.38. The predicted octanol–water partition coefficient (Wildman–Crippen LogP) is 6.00. The number of nitrogens with zero attached hydrogens (tertiary/aromatic N) is 3. The van der Waals surface area contributed by atoms with Gasteiger partial charge in [0.25, 0.3) is 0 Å². The quantitative estimate of drug-likeness (QED) is 0.123. The topological polar surface area (TPSA) is 105 Å². The number of rotatable bonds is 12. The average Bonchev–Trinajstić information content (AvgIpc) is 3.56. The van der Waals surface area contributed by atoms with Crippen molar-refractivity contribution in [1.82, 2.24) is 14.8 Å². The molecule has 0 fully saturated rings. The van der Waals surface area contributed by atoms with Gasteiger partial charge < -0.3 is 19.5 Å². The maximum Gasteiger partial charge on any atom is 0.341 e. The molecule has 0 aliphatic carbocycles. The highest BCUT2D eigenvalue weighted by Gasteiger charge is 2.24. The number of amides is 1. The second kappa shape index (κ2) is 13.3. The first-order valence-corrected chi connectivity index (χ1v) is 13.9. The van der Waals surface area contributed by atoms with Gasteiger partial charge in [0.1, 0.15) is 27.9 Å². The molecular weight excluding hydrogens is 555 g/mol. The van der Waals surface area contributed by atoms with E-state index in [1.54, 1.807) is 55.0 Å². The van der Waals surface area contributed by atoms with Crippen LogP contribution in [0.2, 0.25) is 0 Å². The van der Waals surface area contributed by atoms with Crippen LogP contribution in [0.4, 0.5) is 9.39 Å². The molecule has 1 amide bonds. The Hall–Kier alpha value is -4.16. The van der Waals surface area contributed by atoms with Crippen LogP contribution in [0.3, 0.4) is 0 Å². The second-order valence-electron chi connectivity index (χ2n) is 8.36. The van der Waals surface area contributed by atoms with Crippen LogP contribution in [-0.2, 0) is 16.1 Å². The Kier molecular flexibility index (Phi) is 9.56. The van der Waals surface area contributed by atoms with Crippen LogP contribution in [0.5, 0.6) is 11.5 Å². The van der Waals surface area contributed by atoms with E-state index in [9.17, 15) is 14.0 Å². The van der Waals surface area contributed by atoms with Crippen molar-refractivity contribution in [3.05, 3.63) is 83.8 Å². The summed E-state index contributed by atoms with van der Waals surface area (Å²) in [5.74, 6) is 0.608. The molecule has 0 bridgehead atoms. The van der Waals surface area contributed by atoms with Crippen molar-refractivity contribution in [2.24, 2.45) is 0 Å². The number of thiophene rings is 1. The van der Waals surface area contributed by atoms with Gasteiger partial charge in [0, 0.05) is 17.5 Å². The first-order valence-electron chi connectivity index (χ1n) is 12.1. The van der Waals surface area contributed by atoms with Gasteiger partial charge in [-0.2, -0.15) is 0 Å². The summed E-state index contributed by atoms with van der Waals surface area (Å²) in [6, 6.07) is 13.0. The summed E-state index contributed by atoms with van der Waals surface area (Å²) in [5.41, 5.74) is 1.38. The summed E-state index contributed by atoms with van der Waals surface area (Å²) in [7, 11) is 2.86. The van der Waals surface area contributed by atoms with Gasteiger partial charge in [-0.1, -0.05) is 30.0 Å². The first kappa shape index (κ1) is 28.8. The van der Waals surface area contributed by atoms with Gasteiger partial charge in [-0.3, -0.25) is 9.36 Å². The van der Waals surface area contributed by atoms with Crippen LogP contribution in [-0.4, -0.2) is 46.6 Å².